The van der Waals surface area contributed by atoms with Gasteiger partial charge in [-0.3, -0.25) is 14.5 Å². The van der Waals surface area contributed by atoms with Crippen LogP contribution in [0.4, 0.5) is 0 Å². The van der Waals surface area contributed by atoms with Crippen molar-refractivity contribution in [2.75, 3.05) is 0 Å². The molecule has 0 amide bonds. The topological polar surface area (TPSA) is 43.6 Å². The highest BCUT2D eigenvalue weighted by molar-refractivity contribution is 6.25. The molecule has 3 heterocycles. The van der Waals surface area contributed by atoms with E-state index < -0.39 is 0 Å². The van der Waals surface area contributed by atoms with E-state index in [1.807, 2.05) is 24.8 Å². The lowest BCUT2D eigenvalue weighted by atomic mass is 9.92. The second-order valence-corrected chi connectivity index (χ2v) is 12.2. The van der Waals surface area contributed by atoms with Crippen LogP contribution in [0.3, 0.4) is 0 Å². The summed E-state index contributed by atoms with van der Waals surface area (Å²) in [7, 11) is 0. The standard InChI is InChI=1S/C43H26N4/c1-2-12-36-34(10-1)35-11-3-4-13-37(35)39-23-29(16-18-38(36)39)30-17-19-41-40(24-30)46-26-47(41)33-9-5-7-28(22-33)32-21-31-15-14-27-8-6-20-44-42(27)43(31)45-25-32/h1-26H. The van der Waals surface area contributed by atoms with Crippen LogP contribution in [0.15, 0.2) is 158 Å². The van der Waals surface area contributed by atoms with E-state index >= 15 is 0 Å². The summed E-state index contributed by atoms with van der Waals surface area (Å²) < 4.78 is 2.16. The molecule has 0 fully saturated rings. The van der Waals surface area contributed by atoms with Crippen molar-refractivity contribution < 1.29 is 0 Å². The minimum Gasteiger partial charge on any atom is -0.299 e. The average molecular weight is 599 g/mol. The number of benzene rings is 7. The van der Waals surface area contributed by atoms with Crippen molar-refractivity contribution in [1.82, 2.24) is 19.5 Å². The van der Waals surface area contributed by atoms with Crippen molar-refractivity contribution in [2.45, 2.75) is 0 Å². The number of pyridine rings is 2. The van der Waals surface area contributed by atoms with E-state index in [2.05, 4.69) is 143 Å². The Balaban J connectivity index is 1.04. The lowest BCUT2D eigenvalue weighted by molar-refractivity contribution is 1.09. The van der Waals surface area contributed by atoms with Gasteiger partial charge in [-0.25, -0.2) is 4.98 Å². The maximum atomic E-state index is 4.85. The van der Waals surface area contributed by atoms with Gasteiger partial charge in [-0.2, -0.15) is 0 Å². The van der Waals surface area contributed by atoms with Gasteiger partial charge in [0.2, 0.25) is 0 Å². The first-order chi connectivity index (χ1) is 23.3. The molecule has 10 aromatic rings. The SMILES string of the molecule is c1cc(-c2cnc3c(ccc4cccnc43)c2)cc(-n2cnc3cc(-c4ccc5c6ccccc6c6ccccc6c5c4)ccc32)c1. The van der Waals surface area contributed by atoms with Crippen molar-refractivity contribution in [1.29, 1.82) is 0 Å². The van der Waals surface area contributed by atoms with Gasteiger partial charge in [-0.1, -0.05) is 97.1 Å². The third-order valence-electron chi connectivity index (χ3n) is 9.51. The van der Waals surface area contributed by atoms with Gasteiger partial charge < -0.3 is 0 Å². The number of hydrogen-bond donors (Lipinski definition) is 0. The van der Waals surface area contributed by atoms with E-state index in [4.69, 9.17) is 9.97 Å². The lowest BCUT2D eigenvalue weighted by Crippen LogP contribution is -1.93. The number of rotatable bonds is 3. The number of nitrogens with zero attached hydrogens (tertiary/aromatic N) is 4. The molecule has 0 radical (unpaired) electrons. The molecule has 7 aromatic carbocycles. The Morgan fingerprint density at radius 2 is 1.09 bits per heavy atom. The van der Waals surface area contributed by atoms with Gasteiger partial charge in [0.15, 0.2) is 0 Å². The fourth-order valence-electron chi connectivity index (χ4n) is 7.21. The summed E-state index contributed by atoms with van der Waals surface area (Å²) in [5.41, 5.74) is 9.45. The first kappa shape index (κ1) is 25.9. The first-order valence-corrected chi connectivity index (χ1v) is 15.8. The molecule has 0 atom stereocenters. The zero-order valence-electron chi connectivity index (χ0n) is 25.3. The van der Waals surface area contributed by atoms with Crippen LogP contribution in [0, 0.1) is 0 Å². The molecule has 47 heavy (non-hydrogen) atoms. The van der Waals surface area contributed by atoms with Crippen LogP contribution in [0.5, 0.6) is 0 Å². The first-order valence-electron chi connectivity index (χ1n) is 15.8. The second kappa shape index (κ2) is 10.1. The fourth-order valence-corrected chi connectivity index (χ4v) is 7.21. The Morgan fingerprint density at radius 1 is 0.404 bits per heavy atom. The maximum Gasteiger partial charge on any atom is 0.100 e. The van der Waals surface area contributed by atoms with Gasteiger partial charge >= 0.3 is 0 Å². The van der Waals surface area contributed by atoms with Crippen LogP contribution in [-0.2, 0) is 0 Å². The molecule has 0 unspecified atom stereocenters. The predicted octanol–water partition coefficient (Wildman–Crippen LogP) is 10.9. The van der Waals surface area contributed by atoms with E-state index in [9.17, 15) is 0 Å². The highest BCUT2D eigenvalue weighted by atomic mass is 15.0. The molecule has 0 spiro atoms. The zero-order valence-corrected chi connectivity index (χ0v) is 25.3. The van der Waals surface area contributed by atoms with Crippen molar-refractivity contribution in [3.05, 3.63) is 158 Å². The van der Waals surface area contributed by atoms with E-state index in [1.54, 1.807) is 0 Å². The molecule has 0 aliphatic heterocycles. The van der Waals surface area contributed by atoms with Crippen molar-refractivity contribution in [3.63, 3.8) is 0 Å². The van der Waals surface area contributed by atoms with E-state index in [1.165, 1.54) is 37.9 Å². The molecular weight excluding hydrogens is 573 g/mol. The zero-order chi connectivity index (χ0) is 30.9. The van der Waals surface area contributed by atoms with Gasteiger partial charge in [0, 0.05) is 34.4 Å². The normalized spacial score (nSPS) is 11.8. The van der Waals surface area contributed by atoms with Crippen LogP contribution < -0.4 is 0 Å². The van der Waals surface area contributed by atoms with Crippen LogP contribution >= 0.6 is 0 Å². The van der Waals surface area contributed by atoms with E-state index in [-0.39, 0.29) is 0 Å². The third-order valence-corrected chi connectivity index (χ3v) is 9.51. The molecule has 0 N–H and O–H groups in total. The van der Waals surface area contributed by atoms with Gasteiger partial charge in [-0.05, 0) is 91.5 Å². The number of hydrogen-bond acceptors (Lipinski definition) is 3. The van der Waals surface area contributed by atoms with Gasteiger partial charge in [-0.15, -0.1) is 0 Å². The van der Waals surface area contributed by atoms with Crippen LogP contribution in [-0.4, -0.2) is 19.5 Å². The summed E-state index contributed by atoms with van der Waals surface area (Å²) in [4.78, 5) is 14.3. The highest BCUT2D eigenvalue weighted by Crippen LogP contribution is 2.37. The second-order valence-electron chi connectivity index (χ2n) is 12.2. The molecule has 0 aliphatic rings. The monoisotopic (exact) mass is 598 g/mol. The molecule has 3 aromatic heterocycles. The summed E-state index contributed by atoms with van der Waals surface area (Å²) in [6.07, 6.45) is 5.69. The molecule has 218 valence electrons. The molecule has 4 nitrogen and oxygen atoms in total. The fraction of sp³-hybridized carbons (Fsp3) is 0. The Bertz CT molecular complexity index is 2830. The van der Waals surface area contributed by atoms with Gasteiger partial charge in [0.1, 0.15) is 6.33 Å². The summed E-state index contributed by atoms with van der Waals surface area (Å²) >= 11 is 0. The molecule has 0 bridgehead atoms. The van der Waals surface area contributed by atoms with Gasteiger partial charge in [0.05, 0.1) is 22.1 Å². The minimum atomic E-state index is 0.923. The molecule has 4 heteroatoms. The summed E-state index contributed by atoms with van der Waals surface area (Å²) in [5, 5.41) is 9.87. The van der Waals surface area contributed by atoms with E-state index in [0.29, 0.717) is 0 Å². The predicted molar refractivity (Wildman–Crippen MR) is 195 cm³/mol. The highest BCUT2D eigenvalue weighted by Gasteiger charge is 2.12. The molecular formula is C43H26N4. The Morgan fingerprint density at radius 3 is 1.91 bits per heavy atom. The molecule has 0 saturated heterocycles. The molecule has 10 rings (SSSR count). The number of aromatic nitrogens is 4. The smallest absolute Gasteiger partial charge is 0.100 e. The van der Waals surface area contributed by atoms with E-state index in [0.717, 1.165) is 55.2 Å². The van der Waals surface area contributed by atoms with Gasteiger partial charge in [0.25, 0.3) is 0 Å². The maximum absolute atomic E-state index is 4.85. The Kier molecular flexibility index (Phi) is 5.54. The average Bonchev–Trinajstić information content (AvgIpc) is 3.58. The number of imidazole rings is 1. The van der Waals surface area contributed by atoms with Crippen LogP contribution in [0.1, 0.15) is 0 Å². The summed E-state index contributed by atoms with van der Waals surface area (Å²) in [6.45, 7) is 0. The van der Waals surface area contributed by atoms with Crippen molar-refractivity contribution >= 4 is 65.2 Å². The molecule has 0 aliphatic carbocycles. The van der Waals surface area contributed by atoms with Crippen LogP contribution in [0.2, 0.25) is 0 Å². The minimum absolute atomic E-state index is 0.923. The Hall–Kier alpha value is -6.39. The van der Waals surface area contributed by atoms with Crippen molar-refractivity contribution in [3.8, 4) is 27.9 Å². The summed E-state index contributed by atoms with van der Waals surface area (Å²) in [5.74, 6) is 0. The van der Waals surface area contributed by atoms with Crippen LogP contribution in [0.25, 0.3) is 93.1 Å². The lowest BCUT2D eigenvalue weighted by Gasteiger charge is -2.12. The third kappa shape index (κ3) is 4.05. The van der Waals surface area contributed by atoms with Crippen molar-refractivity contribution in [2.24, 2.45) is 0 Å². The largest absolute Gasteiger partial charge is 0.299 e. The summed E-state index contributed by atoms with van der Waals surface area (Å²) in [6, 6.07) is 49.9. The molecule has 0 saturated carbocycles. The quantitative estimate of drug-likeness (QED) is 0.190. The number of fused-ring (bicyclic) bond motifs is 10. The Labute approximate surface area is 270 Å².